The molecule has 0 aromatic heterocycles. The molecule has 3 aliphatic heterocycles. The summed E-state index contributed by atoms with van der Waals surface area (Å²) in [6.45, 7) is 5.93. The van der Waals surface area contributed by atoms with E-state index in [1.54, 1.807) is 11.0 Å². The normalized spacial score (nSPS) is 23.6. The van der Waals surface area contributed by atoms with Crippen LogP contribution in [0.15, 0.2) is 48.0 Å². The zero-order valence-electron chi connectivity index (χ0n) is 21.1. The van der Waals surface area contributed by atoms with Gasteiger partial charge in [-0.15, -0.1) is 0 Å². The monoisotopic (exact) mass is 491 g/mol. The summed E-state index contributed by atoms with van der Waals surface area (Å²) in [4.78, 5) is 32.5. The number of carbonyl (C=O) groups is 2. The Morgan fingerprint density at radius 1 is 1.06 bits per heavy atom. The highest BCUT2D eigenvalue weighted by Crippen LogP contribution is 2.41. The van der Waals surface area contributed by atoms with Crippen LogP contribution < -0.4 is 9.64 Å². The van der Waals surface area contributed by atoms with E-state index in [1.807, 2.05) is 62.3 Å². The molecule has 0 bridgehead atoms. The number of benzene rings is 2. The third-order valence-corrected chi connectivity index (χ3v) is 7.20. The topological polar surface area (TPSA) is 82.5 Å². The van der Waals surface area contributed by atoms with E-state index in [9.17, 15) is 14.7 Å². The minimum absolute atomic E-state index is 0.0679. The number of nitrogens with zero attached hydrogens (tertiary/aromatic N) is 3. The Bertz CT molecular complexity index is 1180. The molecule has 190 valence electrons. The van der Waals surface area contributed by atoms with E-state index in [4.69, 9.17) is 9.47 Å². The van der Waals surface area contributed by atoms with E-state index >= 15 is 0 Å². The average Bonchev–Trinajstić information content (AvgIpc) is 3.38. The number of likely N-dealkylation sites (tertiary alicyclic amines) is 1. The van der Waals surface area contributed by atoms with Gasteiger partial charge in [-0.25, -0.2) is 0 Å². The molecule has 2 fully saturated rings. The van der Waals surface area contributed by atoms with Crippen LogP contribution in [0.4, 0.5) is 5.69 Å². The van der Waals surface area contributed by atoms with E-state index in [1.165, 1.54) is 0 Å². The molecule has 3 aliphatic rings. The minimum atomic E-state index is -0.661. The van der Waals surface area contributed by atoms with Crippen LogP contribution >= 0.6 is 0 Å². The largest absolute Gasteiger partial charge is 0.507 e. The van der Waals surface area contributed by atoms with Crippen molar-refractivity contribution in [3.05, 3.63) is 64.7 Å². The average molecular weight is 492 g/mol. The number of fused-ring (bicyclic) bond motifs is 1. The quantitative estimate of drug-likeness (QED) is 0.378. The lowest BCUT2D eigenvalue weighted by atomic mass is 9.94. The van der Waals surface area contributed by atoms with Crippen molar-refractivity contribution in [2.75, 3.05) is 58.4 Å². The highest BCUT2D eigenvalue weighted by molar-refractivity contribution is 6.46. The summed E-state index contributed by atoms with van der Waals surface area (Å²) >= 11 is 0. The molecule has 0 aliphatic carbocycles. The highest BCUT2D eigenvalue weighted by atomic mass is 16.5. The van der Waals surface area contributed by atoms with Gasteiger partial charge in [-0.05, 0) is 48.4 Å². The fourth-order valence-electron chi connectivity index (χ4n) is 5.21. The Morgan fingerprint density at radius 2 is 1.78 bits per heavy atom. The number of anilines is 1. The van der Waals surface area contributed by atoms with Crippen LogP contribution in [-0.4, -0.2) is 86.2 Å². The van der Waals surface area contributed by atoms with Crippen LogP contribution in [0.3, 0.4) is 0 Å². The number of aliphatic hydroxyl groups is 1. The minimum Gasteiger partial charge on any atom is -0.507 e. The predicted octanol–water partition coefficient (Wildman–Crippen LogP) is 2.83. The molecule has 8 nitrogen and oxygen atoms in total. The molecule has 0 radical (unpaired) electrons. The maximum absolute atomic E-state index is 13.4. The molecule has 2 aromatic rings. The van der Waals surface area contributed by atoms with Crippen molar-refractivity contribution < 1.29 is 24.2 Å². The zero-order valence-corrected chi connectivity index (χ0v) is 21.1. The number of ether oxygens (including phenoxy) is 2. The van der Waals surface area contributed by atoms with Crippen LogP contribution in [0.5, 0.6) is 5.75 Å². The van der Waals surface area contributed by atoms with Gasteiger partial charge in [-0.3, -0.25) is 14.5 Å². The van der Waals surface area contributed by atoms with E-state index in [-0.39, 0.29) is 17.4 Å². The molecule has 1 amide bonds. The maximum atomic E-state index is 13.4. The Hall–Kier alpha value is -3.36. The van der Waals surface area contributed by atoms with Crippen molar-refractivity contribution in [3.63, 3.8) is 0 Å². The zero-order chi connectivity index (χ0) is 25.4. The second-order valence-corrected chi connectivity index (χ2v) is 9.89. The van der Waals surface area contributed by atoms with Gasteiger partial charge < -0.3 is 24.4 Å². The number of ketones is 1. The van der Waals surface area contributed by atoms with Crippen LogP contribution in [-0.2, 0) is 20.7 Å². The molecule has 1 N–H and O–H groups in total. The number of hydrogen-bond acceptors (Lipinski definition) is 7. The van der Waals surface area contributed by atoms with Gasteiger partial charge in [0, 0.05) is 57.9 Å². The smallest absolute Gasteiger partial charge is 0.295 e. The summed E-state index contributed by atoms with van der Waals surface area (Å²) < 4.78 is 11.2. The lowest BCUT2D eigenvalue weighted by Gasteiger charge is -2.31. The van der Waals surface area contributed by atoms with Crippen LogP contribution in [0.25, 0.3) is 5.76 Å². The van der Waals surface area contributed by atoms with Gasteiger partial charge in [0.05, 0.1) is 24.8 Å². The van der Waals surface area contributed by atoms with Crippen molar-refractivity contribution in [2.24, 2.45) is 0 Å². The van der Waals surface area contributed by atoms with Crippen molar-refractivity contribution >= 4 is 23.1 Å². The lowest BCUT2D eigenvalue weighted by Crippen LogP contribution is -2.42. The van der Waals surface area contributed by atoms with Gasteiger partial charge in [0.15, 0.2) is 0 Å². The Balaban J connectivity index is 1.53. The third kappa shape index (κ3) is 4.58. The molecule has 0 saturated carbocycles. The summed E-state index contributed by atoms with van der Waals surface area (Å²) in [5.41, 5.74) is 3.44. The molecular weight excluding hydrogens is 458 g/mol. The molecule has 8 heteroatoms. The van der Waals surface area contributed by atoms with E-state index in [0.717, 1.165) is 42.1 Å². The summed E-state index contributed by atoms with van der Waals surface area (Å²) in [7, 11) is 3.92. The SMILES string of the molecule is C[C@H]1Cc2cc(/C(O)=C3\C(=O)C(=O)N(CCN4CCOCC4)[C@@H]3c3ccc(N(C)C)cc3)ccc2O1. The van der Waals surface area contributed by atoms with Crippen molar-refractivity contribution in [1.82, 2.24) is 9.80 Å². The maximum Gasteiger partial charge on any atom is 0.295 e. The van der Waals surface area contributed by atoms with Gasteiger partial charge in [-0.2, -0.15) is 0 Å². The van der Waals surface area contributed by atoms with Crippen molar-refractivity contribution in [1.29, 1.82) is 0 Å². The first-order valence-corrected chi connectivity index (χ1v) is 12.5. The predicted molar refractivity (Wildman–Crippen MR) is 137 cm³/mol. The number of hydrogen-bond donors (Lipinski definition) is 1. The number of rotatable bonds is 6. The van der Waals surface area contributed by atoms with E-state index < -0.39 is 17.7 Å². The number of amides is 1. The first-order valence-electron chi connectivity index (χ1n) is 12.5. The molecule has 2 atom stereocenters. The number of morpholine rings is 1. The van der Waals surface area contributed by atoms with Gasteiger partial charge >= 0.3 is 0 Å². The van der Waals surface area contributed by atoms with Crippen molar-refractivity contribution in [3.8, 4) is 5.75 Å². The molecular formula is C28H33N3O5. The Labute approximate surface area is 211 Å². The van der Waals surface area contributed by atoms with Gasteiger partial charge in [0.25, 0.3) is 11.7 Å². The van der Waals surface area contributed by atoms with Gasteiger partial charge in [0.1, 0.15) is 17.6 Å². The molecule has 0 unspecified atom stereocenters. The lowest BCUT2D eigenvalue weighted by molar-refractivity contribution is -0.140. The van der Waals surface area contributed by atoms with E-state index in [0.29, 0.717) is 31.9 Å². The summed E-state index contributed by atoms with van der Waals surface area (Å²) in [5.74, 6) is -0.585. The first-order chi connectivity index (χ1) is 17.3. The van der Waals surface area contributed by atoms with Gasteiger partial charge in [0.2, 0.25) is 0 Å². The molecule has 36 heavy (non-hydrogen) atoms. The molecule has 0 spiro atoms. The van der Waals surface area contributed by atoms with Gasteiger partial charge in [-0.1, -0.05) is 12.1 Å². The fraction of sp³-hybridized carbons (Fsp3) is 0.429. The first kappa shape index (κ1) is 24.3. The summed E-state index contributed by atoms with van der Waals surface area (Å²) in [5, 5.41) is 11.4. The van der Waals surface area contributed by atoms with Crippen LogP contribution in [0.1, 0.15) is 29.7 Å². The third-order valence-electron chi connectivity index (χ3n) is 7.20. The second-order valence-electron chi connectivity index (χ2n) is 9.89. The summed E-state index contributed by atoms with van der Waals surface area (Å²) in [6.07, 6.45) is 0.804. The number of carbonyl (C=O) groups excluding carboxylic acids is 2. The van der Waals surface area contributed by atoms with Crippen LogP contribution in [0.2, 0.25) is 0 Å². The molecule has 3 heterocycles. The summed E-state index contributed by atoms with van der Waals surface area (Å²) in [6, 6.07) is 12.6. The molecule has 2 saturated heterocycles. The highest BCUT2D eigenvalue weighted by Gasteiger charge is 2.46. The van der Waals surface area contributed by atoms with E-state index in [2.05, 4.69) is 4.90 Å². The second kappa shape index (κ2) is 9.95. The van der Waals surface area contributed by atoms with Crippen LogP contribution in [0, 0.1) is 0 Å². The molecule has 2 aromatic carbocycles. The van der Waals surface area contributed by atoms with Crippen molar-refractivity contribution in [2.45, 2.75) is 25.5 Å². The molecule has 5 rings (SSSR count). The Kier molecular flexibility index (Phi) is 6.73. The fourth-order valence-corrected chi connectivity index (χ4v) is 5.21. The number of Topliss-reactive ketones (excluding diaryl/α,β-unsaturated/α-hetero) is 1. The number of aliphatic hydroxyl groups excluding tert-OH is 1. The Morgan fingerprint density at radius 3 is 2.47 bits per heavy atom. The standard InChI is InChI=1S/C28H33N3O5/c1-18-16-21-17-20(6-9-23(21)36-18)26(32)24-25(19-4-7-22(8-5-19)29(2)3)31(28(34)27(24)33)11-10-30-12-14-35-15-13-30/h4-9,17-18,25,32H,10-16H2,1-3H3/b26-24+/t18-,25+/m0/s1.